The first-order valence-corrected chi connectivity index (χ1v) is 3.46. The Morgan fingerprint density at radius 1 is 1.45 bits per heavy atom. The molecule has 0 aliphatic heterocycles. The van der Waals surface area contributed by atoms with Crippen molar-refractivity contribution < 1.29 is 14.7 Å². The van der Waals surface area contributed by atoms with Crippen molar-refractivity contribution in [3.63, 3.8) is 0 Å². The second-order valence-electron chi connectivity index (χ2n) is 2.76. The molecule has 1 unspecified atom stereocenters. The zero-order valence-corrected chi connectivity index (χ0v) is 6.70. The number of hydrogen-bond acceptors (Lipinski definition) is 3. The third-order valence-electron chi connectivity index (χ3n) is 1.33. The molecule has 0 heterocycles. The molecule has 0 aliphatic carbocycles. The van der Waals surface area contributed by atoms with Crippen LogP contribution in [0.5, 0.6) is 0 Å². The van der Waals surface area contributed by atoms with Crippen molar-refractivity contribution >= 4 is 11.8 Å². The Morgan fingerprint density at radius 2 is 1.91 bits per heavy atom. The molecule has 1 atom stereocenters. The van der Waals surface area contributed by atoms with Gasteiger partial charge in [0, 0.05) is 5.92 Å². The molecule has 4 nitrogen and oxygen atoms in total. The van der Waals surface area contributed by atoms with Crippen LogP contribution in [0.4, 0.5) is 0 Å². The maximum atomic E-state index is 11.0. The highest BCUT2D eigenvalue weighted by Gasteiger charge is 2.19. The molecule has 0 aromatic carbocycles. The third kappa shape index (κ3) is 3.72. The molecule has 0 saturated carbocycles. The predicted octanol–water partition coefficient (Wildman–Crippen LogP) is 0.0135. The smallest absolute Gasteiger partial charge is 0.305 e. The van der Waals surface area contributed by atoms with Gasteiger partial charge in [0.15, 0.2) is 5.78 Å². The fourth-order valence-electron chi connectivity index (χ4n) is 0.717. The number of rotatable bonds is 4. The van der Waals surface area contributed by atoms with Gasteiger partial charge in [0.05, 0.1) is 12.5 Å². The Balaban J connectivity index is 3.93. The summed E-state index contributed by atoms with van der Waals surface area (Å²) < 4.78 is 0. The Kier molecular flexibility index (Phi) is 3.74. The lowest BCUT2D eigenvalue weighted by atomic mass is 10.0. The number of aliphatic carboxylic acids is 1. The Morgan fingerprint density at radius 3 is 2.18 bits per heavy atom. The van der Waals surface area contributed by atoms with E-state index < -0.39 is 12.0 Å². The van der Waals surface area contributed by atoms with Crippen molar-refractivity contribution in [2.45, 2.75) is 26.3 Å². The lowest BCUT2D eigenvalue weighted by Crippen LogP contribution is -2.35. The summed E-state index contributed by atoms with van der Waals surface area (Å²) in [5, 5.41) is 8.28. The van der Waals surface area contributed by atoms with Gasteiger partial charge >= 0.3 is 5.97 Å². The standard InChI is InChI=1S/C7H13NO3/c1-4(2)7(11)5(8)3-6(9)10/h4-5H,3,8H2,1-2H3,(H,9,10). The highest BCUT2D eigenvalue weighted by molar-refractivity contribution is 5.88. The van der Waals surface area contributed by atoms with Crippen molar-refractivity contribution in [3.05, 3.63) is 0 Å². The Hall–Kier alpha value is -0.900. The maximum Gasteiger partial charge on any atom is 0.305 e. The molecular weight excluding hydrogens is 146 g/mol. The van der Waals surface area contributed by atoms with Crippen LogP contribution >= 0.6 is 0 Å². The zero-order valence-electron chi connectivity index (χ0n) is 6.70. The topological polar surface area (TPSA) is 80.4 Å². The summed E-state index contributed by atoms with van der Waals surface area (Å²) in [4.78, 5) is 21.1. The number of nitrogens with two attached hydrogens (primary N) is 1. The van der Waals surface area contributed by atoms with Crippen LogP contribution in [-0.2, 0) is 9.59 Å². The number of carboxylic acid groups (broad SMARTS) is 1. The lowest BCUT2D eigenvalue weighted by Gasteiger charge is -2.09. The van der Waals surface area contributed by atoms with Gasteiger partial charge in [-0.3, -0.25) is 9.59 Å². The van der Waals surface area contributed by atoms with E-state index in [-0.39, 0.29) is 18.1 Å². The minimum Gasteiger partial charge on any atom is -0.481 e. The van der Waals surface area contributed by atoms with Crippen LogP contribution in [-0.4, -0.2) is 22.9 Å². The highest BCUT2D eigenvalue weighted by Crippen LogP contribution is 2.00. The van der Waals surface area contributed by atoms with Crippen molar-refractivity contribution in [2.24, 2.45) is 11.7 Å². The molecule has 4 heteroatoms. The van der Waals surface area contributed by atoms with Crippen LogP contribution in [0, 0.1) is 5.92 Å². The van der Waals surface area contributed by atoms with Gasteiger partial charge in [-0.05, 0) is 0 Å². The van der Waals surface area contributed by atoms with Gasteiger partial charge < -0.3 is 10.8 Å². The molecule has 0 aromatic rings. The maximum absolute atomic E-state index is 11.0. The highest BCUT2D eigenvalue weighted by atomic mass is 16.4. The van der Waals surface area contributed by atoms with Gasteiger partial charge in [0.2, 0.25) is 0 Å². The predicted molar refractivity (Wildman–Crippen MR) is 40.1 cm³/mol. The first-order chi connectivity index (χ1) is 4.95. The lowest BCUT2D eigenvalue weighted by molar-refractivity contribution is -0.139. The van der Waals surface area contributed by atoms with Crippen LogP contribution in [0.1, 0.15) is 20.3 Å². The molecular formula is C7H13NO3. The molecule has 0 fully saturated rings. The summed E-state index contributed by atoms with van der Waals surface area (Å²) in [7, 11) is 0. The average molecular weight is 159 g/mol. The molecule has 0 amide bonds. The molecule has 3 N–H and O–H groups in total. The number of hydrogen-bond donors (Lipinski definition) is 2. The van der Waals surface area contributed by atoms with Crippen LogP contribution < -0.4 is 5.73 Å². The SMILES string of the molecule is CC(C)C(=O)C(N)CC(=O)O. The van der Waals surface area contributed by atoms with E-state index in [9.17, 15) is 9.59 Å². The fourth-order valence-corrected chi connectivity index (χ4v) is 0.717. The van der Waals surface area contributed by atoms with Crippen LogP contribution in [0.25, 0.3) is 0 Å². The summed E-state index contributed by atoms with van der Waals surface area (Å²) in [6.45, 7) is 3.40. The second kappa shape index (κ2) is 4.08. The van der Waals surface area contributed by atoms with E-state index in [4.69, 9.17) is 10.8 Å². The normalized spacial score (nSPS) is 13.1. The Bertz CT molecular complexity index is 165. The minimum absolute atomic E-state index is 0.190. The molecule has 0 saturated heterocycles. The number of carbonyl (C=O) groups is 2. The molecule has 0 spiro atoms. The van der Waals surface area contributed by atoms with Gasteiger partial charge in [-0.2, -0.15) is 0 Å². The van der Waals surface area contributed by atoms with Crippen molar-refractivity contribution in [2.75, 3.05) is 0 Å². The molecule has 0 radical (unpaired) electrons. The van der Waals surface area contributed by atoms with Crippen LogP contribution in [0.3, 0.4) is 0 Å². The first kappa shape index (κ1) is 10.1. The van der Waals surface area contributed by atoms with Gasteiger partial charge in [0.25, 0.3) is 0 Å². The number of carbonyl (C=O) groups excluding carboxylic acids is 1. The molecule has 0 rings (SSSR count). The molecule has 0 bridgehead atoms. The molecule has 11 heavy (non-hydrogen) atoms. The van der Waals surface area contributed by atoms with E-state index >= 15 is 0 Å². The third-order valence-corrected chi connectivity index (χ3v) is 1.33. The summed E-state index contributed by atoms with van der Waals surface area (Å²) in [5.74, 6) is -1.43. The largest absolute Gasteiger partial charge is 0.481 e. The summed E-state index contributed by atoms with van der Waals surface area (Å²) in [6, 6.07) is -0.854. The number of Topliss-reactive ketones (excluding diaryl/α,β-unsaturated/α-hetero) is 1. The van der Waals surface area contributed by atoms with Gasteiger partial charge in [-0.25, -0.2) is 0 Å². The molecule has 0 aromatic heterocycles. The minimum atomic E-state index is -1.04. The summed E-state index contributed by atoms with van der Waals surface area (Å²) in [5.41, 5.74) is 5.29. The van der Waals surface area contributed by atoms with E-state index in [1.54, 1.807) is 13.8 Å². The molecule has 64 valence electrons. The van der Waals surface area contributed by atoms with Crippen LogP contribution in [0.15, 0.2) is 0 Å². The van der Waals surface area contributed by atoms with Crippen molar-refractivity contribution in [3.8, 4) is 0 Å². The van der Waals surface area contributed by atoms with Gasteiger partial charge in [0.1, 0.15) is 0 Å². The summed E-state index contributed by atoms with van der Waals surface area (Å²) in [6.07, 6.45) is -0.281. The number of ketones is 1. The average Bonchev–Trinajstić information content (AvgIpc) is 1.84. The quantitative estimate of drug-likeness (QED) is 0.605. The van der Waals surface area contributed by atoms with Crippen molar-refractivity contribution in [1.82, 2.24) is 0 Å². The Labute approximate surface area is 65.4 Å². The van der Waals surface area contributed by atoms with Crippen molar-refractivity contribution in [1.29, 1.82) is 0 Å². The van der Waals surface area contributed by atoms with E-state index in [1.807, 2.05) is 0 Å². The second-order valence-corrected chi connectivity index (χ2v) is 2.76. The first-order valence-electron chi connectivity index (χ1n) is 3.46. The van der Waals surface area contributed by atoms with Crippen LogP contribution in [0.2, 0.25) is 0 Å². The van der Waals surface area contributed by atoms with E-state index in [2.05, 4.69) is 0 Å². The van der Waals surface area contributed by atoms with Gasteiger partial charge in [-0.1, -0.05) is 13.8 Å². The monoisotopic (exact) mass is 159 g/mol. The van der Waals surface area contributed by atoms with E-state index in [1.165, 1.54) is 0 Å². The zero-order chi connectivity index (χ0) is 9.02. The van der Waals surface area contributed by atoms with E-state index in [0.29, 0.717) is 0 Å². The van der Waals surface area contributed by atoms with Gasteiger partial charge in [-0.15, -0.1) is 0 Å². The molecule has 0 aliphatic rings. The summed E-state index contributed by atoms with van der Waals surface area (Å²) >= 11 is 0. The van der Waals surface area contributed by atoms with E-state index in [0.717, 1.165) is 0 Å². The fraction of sp³-hybridized carbons (Fsp3) is 0.714. The number of carboxylic acids is 1.